The molecule has 0 aliphatic carbocycles. The summed E-state index contributed by atoms with van der Waals surface area (Å²) in [5.74, 6) is 0.211. The fraction of sp³-hybridized carbons (Fsp3) is 0.348. The molecule has 30 heavy (non-hydrogen) atoms. The zero-order valence-electron chi connectivity index (χ0n) is 18.0. The quantitative estimate of drug-likeness (QED) is 0.463. The summed E-state index contributed by atoms with van der Waals surface area (Å²) in [5.41, 5.74) is 10.5. The Kier molecular flexibility index (Phi) is 8.87. The van der Waals surface area contributed by atoms with Crippen molar-refractivity contribution in [3.05, 3.63) is 63.4 Å². The van der Waals surface area contributed by atoms with Crippen molar-refractivity contribution in [2.45, 2.75) is 33.1 Å². The number of benzene rings is 1. The van der Waals surface area contributed by atoms with Crippen LogP contribution in [0.2, 0.25) is 5.02 Å². The number of nitrogens with one attached hydrogen (secondary N) is 1. The summed E-state index contributed by atoms with van der Waals surface area (Å²) in [7, 11) is 3.27. The third-order valence-electron chi connectivity index (χ3n) is 4.71. The van der Waals surface area contributed by atoms with Gasteiger partial charge in [0.2, 0.25) is 0 Å². The first-order chi connectivity index (χ1) is 14.4. The Labute approximate surface area is 183 Å². The maximum Gasteiger partial charge on any atom is 0.254 e. The van der Waals surface area contributed by atoms with Crippen LogP contribution < -0.4 is 15.8 Å². The first kappa shape index (κ1) is 23.4. The van der Waals surface area contributed by atoms with Crippen LogP contribution in [-0.4, -0.2) is 37.8 Å². The molecule has 1 heterocycles. The fourth-order valence-corrected chi connectivity index (χ4v) is 3.16. The van der Waals surface area contributed by atoms with Crippen LogP contribution >= 0.6 is 11.6 Å². The molecule has 0 aliphatic rings. The van der Waals surface area contributed by atoms with E-state index in [1.54, 1.807) is 32.6 Å². The van der Waals surface area contributed by atoms with Gasteiger partial charge in [-0.1, -0.05) is 31.0 Å². The fourth-order valence-electron chi connectivity index (χ4n) is 2.88. The lowest BCUT2D eigenvalue weighted by Gasteiger charge is -2.17. The highest BCUT2D eigenvalue weighted by atomic mass is 35.5. The van der Waals surface area contributed by atoms with Gasteiger partial charge in [0.15, 0.2) is 5.75 Å². The number of carbonyl (C=O) groups is 1. The van der Waals surface area contributed by atoms with Gasteiger partial charge in [-0.3, -0.25) is 14.8 Å². The molecule has 0 atom stereocenters. The van der Waals surface area contributed by atoms with E-state index in [0.717, 1.165) is 29.5 Å². The maximum absolute atomic E-state index is 12.4. The summed E-state index contributed by atoms with van der Waals surface area (Å²) in [6.07, 6.45) is 7.58. The number of aromatic nitrogens is 1. The van der Waals surface area contributed by atoms with E-state index in [9.17, 15) is 4.79 Å². The van der Waals surface area contributed by atoms with Crippen molar-refractivity contribution < 1.29 is 9.53 Å². The van der Waals surface area contributed by atoms with E-state index in [0.29, 0.717) is 40.8 Å². The lowest BCUT2D eigenvalue weighted by atomic mass is 9.97. The van der Waals surface area contributed by atoms with Crippen LogP contribution in [0.5, 0.6) is 5.75 Å². The average molecular weight is 429 g/mol. The molecule has 0 radical (unpaired) electrons. The minimum Gasteiger partial charge on any atom is -0.491 e. The molecule has 2 aromatic rings. The number of ether oxygens (including phenoxy) is 1. The predicted molar refractivity (Wildman–Crippen MR) is 124 cm³/mol. The largest absolute Gasteiger partial charge is 0.491 e. The molecule has 0 saturated heterocycles. The summed E-state index contributed by atoms with van der Waals surface area (Å²) >= 11 is 6.61. The number of halogens is 1. The highest BCUT2D eigenvalue weighted by molar-refractivity contribution is 6.33. The predicted octanol–water partition coefficient (Wildman–Crippen LogP) is 4.17. The first-order valence-electron chi connectivity index (χ1n) is 9.92. The Morgan fingerprint density at radius 3 is 2.77 bits per heavy atom. The van der Waals surface area contributed by atoms with Gasteiger partial charge in [0.05, 0.1) is 28.6 Å². The Morgan fingerprint density at radius 1 is 1.40 bits per heavy atom. The van der Waals surface area contributed by atoms with Gasteiger partial charge >= 0.3 is 0 Å². The number of hydrogen-bond donors (Lipinski definition) is 2. The molecule has 6 nitrogen and oxygen atoms in total. The minimum atomic E-state index is -0.228. The van der Waals surface area contributed by atoms with Crippen LogP contribution in [0.1, 0.15) is 52.5 Å². The van der Waals surface area contributed by atoms with Crippen molar-refractivity contribution >= 4 is 29.4 Å². The van der Waals surface area contributed by atoms with E-state index in [2.05, 4.69) is 22.2 Å². The Morgan fingerprint density at radius 2 is 2.17 bits per heavy atom. The molecule has 1 aromatic carbocycles. The van der Waals surface area contributed by atoms with Crippen molar-refractivity contribution in [2.24, 2.45) is 10.7 Å². The van der Waals surface area contributed by atoms with E-state index in [1.807, 2.05) is 25.1 Å². The summed E-state index contributed by atoms with van der Waals surface area (Å²) < 4.78 is 5.86. The van der Waals surface area contributed by atoms with Crippen LogP contribution in [0.25, 0.3) is 5.70 Å². The normalized spacial score (nSPS) is 11.7. The molecule has 0 saturated carbocycles. The molecule has 3 N–H and O–H groups in total. The smallest absolute Gasteiger partial charge is 0.254 e. The SMILES string of the molecule is CCCCOc1c(C(=O)NC)cc(Cc2ccc(/C(N)=C/C=NC)nc2)c(C)c1Cl. The second kappa shape index (κ2) is 11.4. The number of rotatable bonds is 9. The van der Waals surface area contributed by atoms with Gasteiger partial charge in [0.1, 0.15) is 0 Å². The van der Waals surface area contributed by atoms with Crippen LogP contribution in [0.15, 0.2) is 35.5 Å². The summed E-state index contributed by atoms with van der Waals surface area (Å²) in [6.45, 7) is 4.53. The average Bonchev–Trinajstić information content (AvgIpc) is 2.76. The standard InChI is InChI=1S/C23H29ClN4O2/c1-5-6-11-30-22-18(23(29)27-4)13-17(15(2)21(22)24)12-16-7-8-20(28-14-16)19(25)9-10-26-3/h7-10,13-14H,5-6,11-12,25H2,1-4H3,(H,27,29)/b19-9-,26-10?. The Hall–Kier alpha value is -2.86. The van der Waals surface area contributed by atoms with Gasteiger partial charge in [-0.15, -0.1) is 0 Å². The van der Waals surface area contributed by atoms with Crippen molar-refractivity contribution in [2.75, 3.05) is 20.7 Å². The molecule has 1 aromatic heterocycles. The summed E-state index contributed by atoms with van der Waals surface area (Å²) in [4.78, 5) is 20.8. The minimum absolute atomic E-state index is 0.228. The zero-order chi connectivity index (χ0) is 22.1. The number of unbranched alkanes of at least 4 members (excludes halogenated alkanes) is 1. The topological polar surface area (TPSA) is 89.6 Å². The third kappa shape index (κ3) is 5.83. The van der Waals surface area contributed by atoms with Gasteiger partial charge < -0.3 is 15.8 Å². The number of allylic oxidation sites excluding steroid dienone is 1. The maximum atomic E-state index is 12.4. The number of pyridine rings is 1. The zero-order valence-corrected chi connectivity index (χ0v) is 18.7. The summed E-state index contributed by atoms with van der Waals surface area (Å²) in [5, 5.41) is 3.14. The highest BCUT2D eigenvalue weighted by Gasteiger charge is 2.20. The lowest BCUT2D eigenvalue weighted by molar-refractivity contribution is 0.0959. The van der Waals surface area contributed by atoms with Gasteiger partial charge in [-0.2, -0.15) is 0 Å². The van der Waals surface area contributed by atoms with Gasteiger partial charge in [-0.05, 0) is 54.7 Å². The molecule has 0 unspecified atom stereocenters. The Bertz CT molecular complexity index is 937. The molecular weight excluding hydrogens is 400 g/mol. The summed E-state index contributed by atoms with van der Waals surface area (Å²) in [6, 6.07) is 5.68. The van der Waals surface area contributed by atoms with Gasteiger partial charge in [0, 0.05) is 26.5 Å². The monoisotopic (exact) mass is 428 g/mol. The van der Waals surface area contributed by atoms with E-state index in [-0.39, 0.29) is 5.91 Å². The van der Waals surface area contributed by atoms with Crippen molar-refractivity contribution in [3.8, 4) is 5.75 Å². The van der Waals surface area contributed by atoms with E-state index in [4.69, 9.17) is 22.1 Å². The van der Waals surface area contributed by atoms with E-state index < -0.39 is 0 Å². The lowest BCUT2D eigenvalue weighted by Crippen LogP contribution is -2.20. The molecule has 7 heteroatoms. The van der Waals surface area contributed by atoms with Crippen molar-refractivity contribution in [1.82, 2.24) is 10.3 Å². The first-order valence-corrected chi connectivity index (χ1v) is 10.3. The third-order valence-corrected chi connectivity index (χ3v) is 5.16. The van der Waals surface area contributed by atoms with Crippen molar-refractivity contribution in [3.63, 3.8) is 0 Å². The number of carbonyl (C=O) groups excluding carboxylic acids is 1. The molecule has 0 fully saturated rings. The Balaban J connectivity index is 2.35. The molecular formula is C23H29ClN4O2. The van der Waals surface area contributed by atoms with Crippen molar-refractivity contribution in [1.29, 1.82) is 0 Å². The second-order valence-electron chi connectivity index (χ2n) is 6.89. The van der Waals surface area contributed by atoms with E-state index in [1.165, 1.54) is 0 Å². The van der Waals surface area contributed by atoms with E-state index >= 15 is 0 Å². The molecule has 0 aliphatic heterocycles. The number of aliphatic imine (C=N–C) groups is 1. The molecule has 1 amide bonds. The van der Waals surface area contributed by atoms with Crippen LogP contribution in [0.4, 0.5) is 0 Å². The molecule has 0 spiro atoms. The number of amides is 1. The van der Waals surface area contributed by atoms with Gasteiger partial charge in [-0.25, -0.2) is 0 Å². The molecule has 160 valence electrons. The number of hydrogen-bond acceptors (Lipinski definition) is 5. The highest BCUT2D eigenvalue weighted by Crippen LogP contribution is 2.35. The van der Waals surface area contributed by atoms with Crippen LogP contribution in [-0.2, 0) is 6.42 Å². The second-order valence-corrected chi connectivity index (χ2v) is 7.27. The van der Waals surface area contributed by atoms with Crippen LogP contribution in [0, 0.1) is 6.92 Å². The van der Waals surface area contributed by atoms with Crippen LogP contribution in [0.3, 0.4) is 0 Å². The molecule has 0 bridgehead atoms. The number of nitrogens with two attached hydrogens (primary N) is 1. The number of nitrogens with zero attached hydrogens (tertiary/aromatic N) is 2. The molecule has 2 rings (SSSR count). The van der Waals surface area contributed by atoms with Gasteiger partial charge in [0.25, 0.3) is 5.91 Å².